The van der Waals surface area contributed by atoms with Crippen LogP contribution < -0.4 is 20.1 Å². The lowest BCUT2D eigenvalue weighted by Gasteiger charge is -2.14. The van der Waals surface area contributed by atoms with E-state index in [4.69, 9.17) is 19.4 Å². The number of anilines is 1. The van der Waals surface area contributed by atoms with Crippen LogP contribution in [0.5, 0.6) is 11.5 Å². The standard InChI is InChI=1S/C28H26N6O3/c1-36-23-13-19-22(14-24(23)37-2)33-26(16-7-9-17(10-8-16)28(35)30-18-11-12-18)34-27(19)29-15-25-31-20-5-3-4-6-21(20)32-25/h3-10,13-14,18H,11-12,15H2,1-2H3,(H,30,35)(H,31,32)(H,29,33,34). The third-order valence-electron chi connectivity index (χ3n) is 6.38. The van der Waals surface area contributed by atoms with E-state index >= 15 is 0 Å². The van der Waals surface area contributed by atoms with Gasteiger partial charge in [-0.15, -0.1) is 0 Å². The minimum Gasteiger partial charge on any atom is -0.493 e. The smallest absolute Gasteiger partial charge is 0.251 e. The van der Waals surface area contributed by atoms with Crippen LogP contribution in [0, 0.1) is 0 Å². The first-order valence-corrected chi connectivity index (χ1v) is 12.1. The number of amides is 1. The number of H-pyrrole nitrogens is 1. The van der Waals surface area contributed by atoms with E-state index in [0.29, 0.717) is 46.8 Å². The highest BCUT2D eigenvalue weighted by atomic mass is 16.5. The molecule has 0 bridgehead atoms. The normalized spacial score (nSPS) is 13.0. The van der Waals surface area contributed by atoms with Crippen LogP contribution in [0.4, 0.5) is 5.82 Å². The minimum absolute atomic E-state index is 0.0569. The van der Waals surface area contributed by atoms with E-state index in [0.717, 1.165) is 40.6 Å². The van der Waals surface area contributed by atoms with E-state index in [1.165, 1.54) is 0 Å². The number of para-hydroxylation sites is 2. The Balaban J connectivity index is 1.36. The third kappa shape index (κ3) is 4.63. The van der Waals surface area contributed by atoms with Crippen LogP contribution in [0.15, 0.2) is 60.7 Å². The molecule has 1 aliphatic carbocycles. The fourth-order valence-electron chi connectivity index (χ4n) is 4.24. The quantitative estimate of drug-likeness (QED) is 0.287. The number of rotatable bonds is 8. The third-order valence-corrected chi connectivity index (χ3v) is 6.38. The molecule has 0 unspecified atom stereocenters. The van der Waals surface area contributed by atoms with Crippen LogP contribution in [-0.4, -0.2) is 46.1 Å². The van der Waals surface area contributed by atoms with Gasteiger partial charge in [-0.1, -0.05) is 24.3 Å². The van der Waals surface area contributed by atoms with Gasteiger partial charge in [0, 0.05) is 28.6 Å². The number of carbonyl (C=O) groups excluding carboxylic acids is 1. The molecule has 1 saturated carbocycles. The minimum atomic E-state index is -0.0569. The van der Waals surface area contributed by atoms with Gasteiger partial charge < -0.3 is 25.1 Å². The van der Waals surface area contributed by atoms with Crippen LogP contribution in [-0.2, 0) is 6.54 Å². The molecular weight excluding hydrogens is 468 g/mol. The Kier molecular flexibility index (Phi) is 5.80. The molecular formula is C28H26N6O3. The molecule has 6 rings (SSSR count). The van der Waals surface area contributed by atoms with Crippen molar-refractivity contribution in [1.82, 2.24) is 25.3 Å². The summed E-state index contributed by atoms with van der Waals surface area (Å²) in [6, 6.07) is 19.3. The number of imidazole rings is 1. The second kappa shape index (κ2) is 9.42. The number of hydrogen-bond acceptors (Lipinski definition) is 7. The number of ether oxygens (including phenoxy) is 2. The van der Waals surface area contributed by atoms with Gasteiger partial charge in [0.15, 0.2) is 17.3 Å². The Hall–Kier alpha value is -4.66. The lowest BCUT2D eigenvalue weighted by atomic mass is 10.1. The number of nitrogens with one attached hydrogen (secondary N) is 3. The number of aromatic amines is 1. The van der Waals surface area contributed by atoms with Crippen LogP contribution in [0.1, 0.15) is 29.0 Å². The first-order chi connectivity index (χ1) is 18.1. The number of hydrogen-bond donors (Lipinski definition) is 3. The number of carbonyl (C=O) groups is 1. The monoisotopic (exact) mass is 494 g/mol. The molecule has 0 aliphatic heterocycles. The zero-order valence-corrected chi connectivity index (χ0v) is 20.5. The van der Waals surface area contributed by atoms with Crippen molar-refractivity contribution < 1.29 is 14.3 Å². The van der Waals surface area contributed by atoms with Crippen molar-refractivity contribution in [3.05, 3.63) is 72.1 Å². The average Bonchev–Trinajstić information content (AvgIpc) is 3.65. The number of fused-ring (bicyclic) bond motifs is 2. The molecule has 3 N–H and O–H groups in total. The first-order valence-electron chi connectivity index (χ1n) is 12.1. The van der Waals surface area contributed by atoms with E-state index < -0.39 is 0 Å². The average molecular weight is 495 g/mol. The molecule has 3 aromatic carbocycles. The number of nitrogens with zero attached hydrogens (tertiary/aromatic N) is 3. The number of aromatic nitrogens is 4. The van der Waals surface area contributed by atoms with Crippen molar-refractivity contribution >= 4 is 33.7 Å². The van der Waals surface area contributed by atoms with E-state index in [2.05, 4.69) is 20.6 Å². The van der Waals surface area contributed by atoms with E-state index in [9.17, 15) is 4.79 Å². The van der Waals surface area contributed by atoms with Gasteiger partial charge in [-0.05, 0) is 43.2 Å². The van der Waals surface area contributed by atoms with Crippen molar-refractivity contribution in [1.29, 1.82) is 0 Å². The summed E-state index contributed by atoms with van der Waals surface area (Å²) >= 11 is 0. The zero-order chi connectivity index (χ0) is 25.4. The number of benzene rings is 3. The molecule has 1 aliphatic rings. The summed E-state index contributed by atoms with van der Waals surface area (Å²) in [7, 11) is 3.19. The van der Waals surface area contributed by atoms with E-state index in [1.54, 1.807) is 26.4 Å². The largest absolute Gasteiger partial charge is 0.493 e. The maximum atomic E-state index is 12.4. The fraction of sp³-hybridized carbons (Fsp3) is 0.214. The van der Waals surface area contributed by atoms with Gasteiger partial charge in [0.2, 0.25) is 0 Å². The Bertz CT molecular complexity index is 1580. The van der Waals surface area contributed by atoms with Crippen molar-refractivity contribution in [2.75, 3.05) is 19.5 Å². The molecule has 1 fully saturated rings. The first kappa shape index (κ1) is 22.8. The van der Waals surface area contributed by atoms with E-state index in [1.807, 2.05) is 48.5 Å². The Morgan fingerprint density at radius 2 is 1.70 bits per heavy atom. The highest BCUT2D eigenvalue weighted by Gasteiger charge is 2.24. The molecule has 9 heteroatoms. The molecule has 5 aromatic rings. The highest BCUT2D eigenvalue weighted by Crippen LogP contribution is 2.35. The van der Waals surface area contributed by atoms with Crippen LogP contribution in [0.3, 0.4) is 0 Å². The molecule has 37 heavy (non-hydrogen) atoms. The Morgan fingerprint density at radius 3 is 2.43 bits per heavy atom. The number of methoxy groups -OCH3 is 2. The zero-order valence-electron chi connectivity index (χ0n) is 20.5. The predicted molar refractivity (Wildman–Crippen MR) is 142 cm³/mol. The van der Waals surface area contributed by atoms with Gasteiger partial charge in [0.05, 0.1) is 37.3 Å². The lowest BCUT2D eigenvalue weighted by molar-refractivity contribution is 0.0951. The van der Waals surface area contributed by atoms with Gasteiger partial charge in [-0.3, -0.25) is 4.79 Å². The molecule has 0 spiro atoms. The molecule has 9 nitrogen and oxygen atoms in total. The van der Waals surface area contributed by atoms with E-state index in [-0.39, 0.29) is 5.91 Å². The molecule has 2 aromatic heterocycles. The molecule has 0 radical (unpaired) electrons. The SMILES string of the molecule is COc1cc2nc(-c3ccc(C(=O)NC4CC4)cc3)nc(NCc3nc4ccccc4[nH]3)c2cc1OC. The fourth-order valence-corrected chi connectivity index (χ4v) is 4.24. The summed E-state index contributed by atoms with van der Waals surface area (Å²) in [4.78, 5) is 30.0. The summed E-state index contributed by atoms with van der Waals surface area (Å²) in [5.41, 5.74) is 4.00. The van der Waals surface area contributed by atoms with Gasteiger partial charge >= 0.3 is 0 Å². The Morgan fingerprint density at radius 1 is 0.946 bits per heavy atom. The van der Waals surface area contributed by atoms with Crippen molar-refractivity contribution in [3.63, 3.8) is 0 Å². The van der Waals surface area contributed by atoms with Gasteiger partial charge in [-0.2, -0.15) is 0 Å². The maximum absolute atomic E-state index is 12.4. The van der Waals surface area contributed by atoms with Gasteiger partial charge in [-0.25, -0.2) is 15.0 Å². The highest BCUT2D eigenvalue weighted by molar-refractivity contribution is 5.95. The second-order valence-electron chi connectivity index (χ2n) is 9.00. The van der Waals surface area contributed by atoms with Crippen LogP contribution in [0.25, 0.3) is 33.3 Å². The van der Waals surface area contributed by atoms with Gasteiger partial charge in [0.25, 0.3) is 5.91 Å². The molecule has 2 heterocycles. The summed E-state index contributed by atoms with van der Waals surface area (Å²) in [5, 5.41) is 7.22. The molecule has 1 amide bonds. The van der Waals surface area contributed by atoms with Crippen LogP contribution in [0.2, 0.25) is 0 Å². The predicted octanol–water partition coefficient (Wildman–Crippen LogP) is 4.69. The summed E-state index contributed by atoms with van der Waals surface area (Å²) in [6.07, 6.45) is 2.10. The molecule has 0 saturated heterocycles. The Labute approximate surface area is 213 Å². The maximum Gasteiger partial charge on any atom is 0.251 e. The summed E-state index contributed by atoms with van der Waals surface area (Å²) in [6.45, 7) is 0.439. The summed E-state index contributed by atoms with van der Waals surface area (Å²) in [5.74, 6) is 3.07. The second-order valence-corrected chi connectivity index (χ2v) is 9.00. The van der Waals surface area contributed by atoms with Gasteiger partial charge in [0.1, 0.15) is 11.6 Å². The van der Waals surface area contributed by atoms with Crippen molar-refractivity contribution in [2.45, 2.75) is 25.4 Å². The van der Waals surface area contributed by atoms with Crippen LogP contribution >= 0.6 is 0 Å². The topological polar surface area (TPSA) is 114 Å². The molecule has 186 valence electrons. The van der Waals surface area contributed by atoms with Crippen molar-refractivity contribution in [2.24, 2.45) is 0 Å². The lowest BCUT2D eigenvalue weighted by Crippen LogP contribution is -2.25. The summed E-state index contributed by atoms with van der Waals surface area (Å²) < 4.78 is 11.0. The molecule has 0 atom stereocenters. The van der Waals surface area contributed by atoms with Crippen molar-refractivity contribution in [3.8, 4) is 22.9 Å².